The fourth-order valence-corrected chi connectivity index (χ4v) is 2.36. The molecule has 31 heavy (non-hydrogen) atoms. The van der Waals surface area contributed by atoms with Crippen LogP contribution in [0.4, 0.5) is 5.95 Å². The fourth-order valence-electron chi connectivity index (χ4n) is 2.36. The van der Waals surface area contributed by atoms with Crippen LogP contribution in [0, 0.1) is 11.8 Å². The Morgan fingerprint density at radius 3 is 2.45 bits per heavy atom. The van der Waals surface area contributed by atoms with Crippen LogP contribution in [0.5, 0.6) is 0 Å². The number of carbonyl (C=O) groups is 2. The molecule has 13 nitrogen and oxygen atoms in total. The van der Waals surface area contributed by atoms with E-state index in [-0.39, 0.29) is 48.8 Å². The van der Waals surface area contributed by atoms with E-state index < -0.39 is 24.0 Å². The normalized spacial score (nSPS) is 13.0. The monoisotopic (exact) mass is 441 g/mol. The molecule has 13 heteroatoms. The fraction of sp³-hybridized carbons (Fsp3) is 0.611. The number of rotatable bonds is 9. The van der Waals surface area contributed by atoms with Crippen LogP contribution in [-0.2, 0) is 21.1 Å². The van der Waals surface area contributed by atoms with E-state index in [2.05, 4.69) is 20.3 Å². The Kier molecular flexibility index (Phi) is 10.0. The van der Waals surface area contributed by atoms with Crippen molar-refractivity contribution in [1.29, 1.82) is 0 Å². The lowest BCUT2D eigenvalue weighted by molar-refractivity contribution is -0.143. The zero-order chi connectivity index (χ0) is 23.7. The van der Waals surface area contributed by atoms with Crippen molar-refractivity contribution in [3.05, 3.63) is 16.7 Å². The predicted octanol–water partition coefficient (Wildman–Crippen LogP) is -1.14. The maximum atomic E-state index is 11.5. The van der Waals surface area contributed by atoms with Crippen molar-refractivity contribution in [1.82, 2.24) is 24.8 Å². The van der Waals surface area contributed by atoms with Gasteiger partial charge in [0.1, 0.15) is 12.8 Å². The summed E-state index contributed by atoms with van der Waals surface area (Å²) in [5.41, 5.74) is 11.2. The van der Waals surface area contributed by atoms with E-state index >= 15 is 0 Å². The van der Waals surface area contributed by atoms with Crippen LogP contribution < -0.4 is 22.3 Å². The van der Waals surface area contributed by atoms with Gasteiger partial charge in [-0.05, 0) is 11.8 Å². The number of carboxylic acids is 1. The number of nitrogens with one attached hydrogen (secondary N) is 2. The molecule has 8 N–H and O–H groups in total. The molecule has 0 unspecified atom stereocenters. The zero-order valence-corrected chi connectivity index (χ0v) is 18.0. The molecule has 2 heterocycles. The van der Waals surface area contributed by atoms with E-state index in [1.807, 2.05) is 13.8 Å². The van der Waals surface area contributed by atoms with Crippen molar-refractivity contribution in [2.24, 2.45) is 17.6 Å². The minimum atomic E-state index is -1.03. The second kappa shape index (κ2) is 12.0. The first kappa shape index (κ1) is 26.0. The van der Waals surface area contributed by atoms with Gasteiger partial charge in [0.15, 0.2) is 11.2 Å². The highest BCUT2D eigenvalue weighted by molar-refractivity contribution is 5.87. The van der Waals surface area contributed by atoms with Crippen molar-refractivity contribution in [3.63, 3.8) is 0 Å². The van der Waals surface area contributed by atoms with Gasteiger partial charge in [0.05, 0.1) is 25.6 Å². The lowest BCUT2D eigenvalue weighted by Gasteiger charge is -2.21. The lowest BCUT2D eigenvalue weighted by Crippen LogP contribution is -2.52. The molecule has 0 aliphatic carbocycles. The summed E-state index contributed by atoms with van der Waals surface area (Å²) in [6.07, 6.45) is 1.43. The maximum Gasteiger partial charge on any atom is 0.326 e. The number of aliphatic hydroxyl groups excluding tert-OH is 1. The molecule has 0 bridgehead atoms. The first-order valence-electron chi connectivity index (χ1n) is 9.67. The molecule has 2 aromatic heterocycles. The van der Waals surface area contributed by atoms with Crippen molar-refractivity contribution in [2.45, 2.75) is 46.5 Å². The number of carboxylic acid groups (broad SMARTS) is 1. The first-order valence-corrected chi connectivity index (χ1v) is 9.67. The number of aliphatic hydroxyl groups is 1. The molecule has 0 aliphatic heterocycles. The number of aliphatic carboxylic acids is 1. The topological polar surface area (TPSA) is 211 Å². The minimum Gasteiger partial charge on any atom is -0.480 e. The quantitative estimate of drug-likeness (QED) is 0.257. The van der Waals surface area contributed by atoms with E-state index in [0.29, 0.717) is 5.65 Å². The van der Waals surface area contributed by atoms with Crippen LogP contribution in [0.2, 0.25) is 0 Å². The number of nitrogens with zero attached hydrogens (tertiary/aromatic N) is 3. The number of aromatic amines is 1. The summed E-state index contributed by atoms with van der Waals surface area (Å²) in [5, 5.41) is 19.8. The van der Waals surface area contributed by atoms with Gasteiger partial charge in [-0.1, -0.05) is 27.7 Å². The number of fused-ring (bicyclic) bond motifs is 1. The Balaban J connectivity index is 0.000000311. The van der Waals surface area contributed by atoms with Crippen molar-refractivity contribution < 1.29 is 24.5 Å². The number of carbonyl (C=O) groups excluding carboxylic acids is 1. The molecule has 0 fully saturated rings. The van der Waals surface area contributed by atoms with E-state index in [0.717, 1.165) is 0 Å². The SMILES string of the molecule is CC(C)[C@H](N)C(=O)N[C@H](C(=O)O)C(C)C.Nc1nc2c(ncn2COCCO)c(=O)[nH]1. The average Bonchev–Trinajstić information content (AvgIpc) is 3.08. The van der Waals surface area contributed by atoms with Crippen molar-refractivity contribution in [3.8, 4) is 0 Å². The van der Waals surface area contributed by atoms with Gasteiger partial charge in [-0.25, -0.2) is 9.78 Å². The Morgan fingerprint density at radius 1 is 1.29 bits per heavy atom. The highest BCUT2D eigenvalue weighted by Gasteiger charge is 2.26. The van der Waals surface area contributed by atoms with E-state index in [1.165, 1.54) is 10.9 Å². The van der Waals surface area contributed by atoms with Gasteiger partial charge in [-0.2, -0.15) is 4.98 Å². The molecule has 0 aromatic carbocycles. The number of imidazole rings is 1. The second-order valence-electron chi connectivity index (χ2n) is 7.44. The van der Waals surface area contributed by atoms with E-state index in [1.54, 1.807) is 13.8 Å². The Morgan fingerprint density at radius 2 is 1.94 bits per heavy atom. The van der Waals surface area contributed by atoms with E-state index in [4.69, 9.17) is 26.4 Å². The summed E-state index contributed by atoms with van der Waals surface area (Å²) in [4.78, 5) is 43.9. The van der Waals surface area contributed by atoms with Gasteiger partial charge < -0.3 is 31.7 Å². The number of anilines is 1. The lowest BCUT2D eigenvalue weighted by atomic mass is 10.0. The van der Waals surface area contributed by atoms with Crippen molar-refractivity contribution >= 4 is 29.0 Å². The summed E-state index contributed by atoms with van der Waals surface area (Å²) in [5.74, 6) is -1.58. The molecule has 0 saturated heterocycles. The number of nitrogen functional groups attached to an aromatic ring is 1. The van der Waals surface area contributed by atoms with Crippen molar-refractivity contribution in [2.75, 3.05) is 18.9 Å². The largest absolute Gasteiger partial charge is 0.480 e. The van der Waals surface area contributed by atoms with Crippen LogP contribution in [0.3, 0.4) is 0 Å². The third kappa shape index (κ3) is 7.62. The average molecular weight is 441 g/mol. The summed E-state index contributed by atoms with van der Waals surface area (Å²) < 4.78 is 6.63. The number of H-pyrrole nitrogens is 1. The maximum absolute atomic E-state index is 11.5. The standard InChI is InChI=1S/C10H20N2O3.C8H11N5O3/c1-5(2)7(11)9(13)12-8(6(3)4)10(14)15;9-8-11-6-5(7(15)12-8)10-3-13(6)4-16-2-1-14/h5-8H,11H2,1-4H3,(H,12,13)(H,14,15);3,14H,1-2,4H2,(H3,9,11,12,15)/t7-,8-;/m0./s1. The molecule has 0 spiro atoms. The summed E-state index contributed by atoms with van der Waals surface area (Å²) in [6.45, 7) is 7.40. The molecular formula is C18H31N7O6. The molecule has 174 valence electrons. The number of ether oxygens (including phenoxy) is 1. The number of amides is 1. The van der Waals surface area contributed by atoms with Gasteiger partial charge in [0.2, 0.25) is 11.9 Å². The zero-order valence-electron chi connectivity index (χ0n) is 18.0. The molecule has 2 rings (SSSR count). The molecule has 0 aliphatic rings. The Labute approximate surface area is 178 Å². The van der Waals surface area contributed by atoms with Gasteiger partial charge in [-0.3, -0.25) is 19.1 Å². The third-order valence-electron chi connectivity index (χ3n) is 4.21. The molecule has 1 amide bonds. The smallest absolute Gasteiger partial charge is 0.326 e. The highest BCUT2D eigenvalue weighted by atomic mass is 16.5. The van der Waals surface area contributed by atoms with Crippen LogP contribution in [0.25, 0.3) is 11.2 Å². The van der Waals surface area contributed by atoms with Crippen LogP contribution in [0.1, 0.15) is 27.7 Å². The van der Waals surface area contributed by atoms with Gasteiger partial charge in [-0.15, -0.1) is 0 Å². The summed E-state index contributed by atoms with van der Waals surface area (Å²) in [6, 6.07) is -1.53. The Hall–Kier alpha value is -3.03. The van der Waals surface area contributed by atoms with Gasteiger partial charge >= 0.3 is 5.97 Å². The summed E-state index contributed by atoms with van der Waals surface area (Å²) >= 11 is 0. The predicted molar refractivity (Wildman–Crippen MR) is 113 cm³/mol. The molecule has 0 radical (unpaired) electrons. The number of aromatic nitrogens is 4. The molecule has 0 saturated carbocycles. The number of nitrogens with two attached hydrogens (primary N) is 2. The minimum absolute atomic E-state index is 0.00777. The van der Waals surface area contributed by atoms with E-state index in [9.17, 15) is 14.4 Å². The van der Waals surface area contributed by atoms with Gasteiger partial charge in [0.25, 0.3) is 5.56 Å². The molecule has 2 aromatic rings. The van der Waals surface area contributed by atoms with Gasteiger partial charge in [0, 0.05) is 0 Å². The molecular weight excluding hydrogens is 410 g/mol. The molecule has 2 atom stereocenters. The van der Waals surface area contributed by atoms with Crippen LogP contribution >= 0.6 is 0 Å². The number of hydrogen-bond acceptors (Lipinski definition) is 9. The second-order valence-corrected chi connectivity index (χ2v) is 7.44. The van der Waals surface area contributed by atoms with Crippen LogP contribution in [-0.4, -0.2) is 66.9 Å². The Bertz CT molecular complexity index is 924. The highest BCUT2D eigenvalue weighted by Crippen LogP contribution is 2.06. The third-order valence-corrected chi connectivity index (χ3v) is 4.21. The number of hydrogen-bond donors (Lipinski definition) is 6. The summed E-state index contributed by atoms with van der Waals surface area (Å²) in [7, 11) is 0. The first-order chi connectivity index (χ1) is 14.5. The van der Waals surface area contributed by atoms with Crippen LogP contribution in [0.15, 0.2) is 11.1 Å².